The Kier molecular flexibility index (Phi) is 4.88. The van der Waals surface area contributed by atoms with Crippen molar-refractivity contribution in [1.29, 1.82) is 0 Å². The minimum atomic E-state index is 1.28. The number of aryl methyl sites for hydroxylation is 2. The van der Waals surface area contributed by atoms with Gasteiger partial charge in [0, 0.05) is 0 Å². The molecule has 0 spiro atoms. The first-order valence-corrected chi connectivity index (χ1v) is 9.89. The van der Waals surface area contributed by atoms with Crippen LogP contribution in [0.2, 0.25) is 0 Å². The van der Waals surface area contributed by atoms with Crippen molar-refractivity contribution < 1.29 is 0 Å². The van der Waals surface area contributed by atoms with Gasteiger partial charge in [0.15, 0.2) is 0 Å². The summed E-state index contributed by atoms with van der Waals surface area (Å²) in [5, 5.41) is 0. The van der Waals surface area contributed by atoms with Gasteiger partial charge in [-0.25, -0.2) is 0 Å². The van der Waals surface area contributed by atoms with E-state index in [0.717, 1.165) is 0 Å². The Hall–Kier alpha value is -3.12. The van der Waals surface area contributed by atoms with Crippen LogP contribution >= 0.6 is 0 Å². The van der Waals surface area contributed by atoms with Crippen LogP contribution in [0.1, 0.15) is 22.3 Å². The van der Waals surface area contributed by atoms with E-state index in [-0.39, 0.29) is 0 Å². The Balaban J connectivity index is 1.94. The molecule has 0 bridgehead atoms. The highest BCUT2D eigenvalue weighted by atomic mass is 14.2. The van der Waals surface area contributed by atoms with E-state index in [9.17, 15) is 0 Å². The van der Waals surface area contributed by atoms with Crippen molar-refractivity contribution in [1.82, 2.24) is 0 Å². The summed E-state index contributed by atoms with van der Waals surface area (Å²) in [5.41, 5.74) is 13.2. The average Bonchev–Trinajstić information content (AvgIpc) is 2.71. The molecule has 0 aliphatic heterocycles. The van der Waals surface area contributed by atoms with Gasteiger partial charge in [-0.15, -0.1) is 0 Å². The largest absolute Gasteiger partial charge is 0.0622 e. The van der Waals surface area contributed by atoms with E-state index < -0.39 is 0 Å². The fourth-order valence-corrected chi connectivity index (χ4v) is 4.38. The second-order valence-electron chi connectivity index (χ2n) is 7.59. The Labute approximate surface area is 168 Å². The molecule has 0 nitrogen and oxygen atoms in total. The highest BCUT2D eigenvalue weighted by molar-refractivity contribution is 5.85. The van der Waals surface area contributed by atoms with E-state index >= 15 is 0 Å². The van der Waals surface area contributed by atoms with Gasteiger partial charge in [-0.1, -0.05) is 84.9 Å². The summed E-state index contributed by atoms with van der Waals surface area (Å²) in [6.45, 7) is 8.92. The smallest absolute Gasteiger partial charge is 0.0119 e. The van der Waals surface area contributed by atoms with E-state index in [4.69, 9.17) is 0 Å². The summed E-state index contributed by atoms with van der Waals surface area (Å²) in [5.74, 6) is 0. The van der Waals surface area contributed by atoms with Crippen LogP contribution in [-0.4, -0.2) is 0 Å². The van der Waals surface area contributed by atoms with Crippen LogP contribution in [0.3, 0.4) is 0 Å². The normalized spacial score (nSPS) is 10.9. The summed E-state index contributed by atoms with van der Waals surface area (Å²) in [6, 6.07) is 30.5. The quantitative estimate of drug-likeness (QED) is 0.347. The Morgan fingerprint density at radius 2 is 0.750 bits per heavy atom. The van der Waals surface area contributed by atoms with Gasteiger partial charge in [0.25, 0.3) is 0 Å². The number of hydrogen-bond donors (Lipinski definition) is 0. The lowest BCUT2D eigenvalue weighted by Gasteiger charge is -2.19. The van der Waals surface area contributed by atoms with Crippen molar-refractivity contribution in [2.75, 3.05) is 0 Å². The molecule has 0 saturated heterocycles. The van der Waals surface area contributed by atoms with Crippen LogP contribution in [0, 0.1) is 27.7 Å². The Morgan fingerprint density at radius 1 is 0.393 bits per heavy atom. The fourth-order valence-electron chi connectivity index (χ4n) is 4.38. The van der Waals surface area contributed by atoms with Crippen LogP contribution in [0.5, 0.6) is 0 Å². The molecule has 4 aromatic carbocycles. The SMILES string of the molecule is Cc1ccc(-c2ccc(C)c(-c3ccccc3)c2C)c(C)c1-c1ccccc1. The van der Waals surface area contributed by atoms with Crippen LogP contribution in [0.25, 0.3) is 33.4 Å². The van der Waals surface area contributed by atoms with Gasteiger partial charge >= 0.3 is 0 Å². The zero-order valence-electron chi connectivity index (χ0n) is 17.1. The van der Waals surface area contributed by atoms with E-state index in [0.29, 0.717) is 0 Å². The second kappa shape index (κ2) is 7.48. The average molecular weight is 363 g/mol. The zero-order valence-corrected chi connectivity index (χ0v) is 17.1. The maximum absolute atomic E-state index is 2.28. The van der Waals surface area contributed by atoms with Gasteiger partial charge in [-0.2, -0.15) is 0 Å². The third-order valence-corrected chi connectivity index (χ3v) is 5.76. The number of benzene rings is 4. The minimum Gasteiger partial charge on any atom is -0.0622 e. The predicted octanol–water partition coefficient (Wildman–Crippen LogP) is 7.92. The molecule has 0 saturated carbocycles. The maximum Gasteiger partial charge on any atom is -0.0119 e. The fraction of sp³-hybridized carbons (Fsp3) is 0.143. The van der Waals surface area contributed by atoms with Crippen molar-refractivity contribution >= 4 is 0 Å². The third kappa shape index (κ3) is 3.16. The molecule has 0 heterocycles. The van der Waals surface area contributed by atoms with Gasteiger partial charge in [-0.05, 0) is 83.3 Å². The molecule has 0 radical (unpaired) electrons. The summed E-state index contributed by atoms with van der Waals surface area (Å²) < 4.78 is 0. The van der Waals surface area contributed by atoms with Crippen molar-refractivity contribution in [3.8, 4) is 33.4 Å². The van der Waals surface area contributed by atoms with Crippen LogP contribution in [0.4, 0.5) is 0 Å². The Bertz CT molecular complexity index is 1030. The first kappa shape index (κ1) is 18.3. The van der Waals surface area contributed by atoms with Crippen LogP contribution in [-0.2, 0) is 0 Å². The van der Waals surface area contributed by atoms with E-state index in [1.54, 1.807) is 0 Å². The molecular formula is C28H26. The topological polar surface area (TPSA) is 0 Å². The highest BCUT2D eigenvalue weighted by Gasteiger charge is 2.15. The third-order valence-electron chi connectivity index (χ3n) is 5.76. The van der Waals surface area contributed by atoms with Gasteiger partial charge in [-0.3, -0.25) is 0 Å². The zero-order chi connectivity index (χ0) is 19.7. The summed E-state index contributed by atoms with van der Waals surface area (Å²) in [7, 11) is 0. The lowest BCUT2D eigenvalue weighted by atomic mass is 9.85. The highest BCUT2D eigenvalue weighted by Crippen LogP contribution is 2.39. The number of hydrogen-bond acceptors (Lipinski definition) is 0. The van der Waals surface area contributed by atoms with E-state index in [1.165, 1.54) is 55.6 Å². The van der Waals surface area contributed by atoms with Gasteiger partial charge in [0.1, 0.15) is 0 Å². The molecule has 0 heteroatoms. The van der Waals surface area contributed by atoms with Gasteiger partial charge < -0.3 is 0 Å². The molecule has 0 fully saturated rings. The van der Waals surface area contributed by atoms with Gasteiger partial charge in [0.2, 0.25) is 0 Å². The molecule has 0 atom stereocenters. The first-order valence-electron chi connectivity index (χ1n) is 9.89. The second-order valence-corrected chi connectivity index (χ2v) is 7.59. The molecule has 0 aliphatic rings. The Morgan fingerprint density at radius 3 is 1.11 bits per heavy atom. The van der Waals surface area contributed by atoms with E-state index in [1.807, 2.05) is 0 Å². The summed E-state index contributed by atoms with van der Waals surface area (Å²) in [4.78, 5) is 0. The van der Waals surface area contributed by atoms with Crippen LogP contribution < -0.4 is 0 Å². The molecule has 0 amide bonds. The standard InChI is InChI=1S/C28H26/c1-19-15-17-25(21(3)27(19)23-11-7-5-8-12-23)26-18-16-20(2)28(22(26)4)24-13-9-6-10-14-24/h5-18H,1-4H3. The van der Waals surface area contributed by atoms with E-state index in [2.05, 4.69) is 113 Å². The molecule has 4 rings (SSSR count). The van der Waals surface area contributed by atoms with Crippen LogP contribution in [0.15, 0.2) is 84.9 Å². The first-order chi connectivity index (χ1) is 13.6. The molecular weight excluding hydrogens is 336 g/mol. The number of rotatable bonds is 3. The van der Waals surface area contributed by atoms with Gasteiger partial charge in [0.05, 0.1) is 0 Å². The molecule has 0 N–H and O–H groups in total. The molecule has 0 aromatic heterocycles. The lowest BCUT2D eigenvalue weighted by Crippen LogP contribution is -1.96. The maximum atomic E-state index is 2.28. The van der Waals surface area contributed by atoms with Crippen molar-refractivity contribution in [3.63, 3.8) is 0 Å². The summed E-state index contributed by atoms with van der Waals surface area (Å²) >= 11 is 0. The lowest BCUT2D eigenvalue weighted by molar-refractivity contribution is 1.34. The molecule has 0 unspecified atom stereocenters. The molecule has 0 aliphatic carbocycles. The molecule has 4 aromatic rings. The summed E-state index contributed by atoms with van der Waals surface area (Å²) in [6.07, 6.45) is 0. The predicted molar refractivity (Wildman–Crippen MR) is 122 cm³/mol. The minimum absolute atomic E-state index is 1.28. The molecule has 138 valence electrons. The monoisotopic (exact) mass is 362 g/mol. The van der Waals surface area contributed by atoms with Crippen molar-refractivity contribution in [3.05, 3.63) is 107 Å². The molecule has 28 heavy (non-hydrogen) atoms. The van der Waals surface area contributed by atoms with Crippen molar-refractivity contribution in [2.24, 2.45) is 0 Å². The van der Waals surface area contributed by atoms with Crippen molar-refractivity contribution in [2.45, 2.75) is 27.7 Å².